The van der Waals surface area contributed by atoms with Gasteiger partial charge in [0.2, 0.25) is 0 Å². The summed E-state index contributed by atoms with van der Waals surface area (Å²) in [6.07, 6.45) is 0. The molecule has 0 N–H and O–H groups in total. The van der Waals surface area contributed by atoms with Crippen LogP contribution in [0, 0.1) is 0 Å². The summed E-state index contributed by atoms with van der Waals surface area (Å²) in [6, 6.07) is 14.6. The van der Waals surface area contributed by atoms with Crippen molar-refractivity contribution in [2.45, 2.75) is 11.4 Å². The van der Waals surface area contributed by atoms with E-state index in [1.54, 1.807) is 24.3 Å². The molecule has 1 heterocycles. The van der Waals surface area contributed by atoms with Gasteiger partial charge in [0.05, 0.1) is 17.7 Å². The van der Waals surface area contributed by atoms with E-state index in [9.17, 15) is 9.59 Å². The molecule has 0 saturated carbocycles. The molecule has 0 unspecified atom stereocenters. The van der Waals surface area contributed by atoms with Crippen LogP contribution >= 0.6 is 22.5 Å². The van der Waals surface area contributed by atoms with E-state index in [1.165, 1.54) is 15.7 Å². The normalized spacial score (nSPS) is 13.8. The van der Waals surface area contributed by atoms with Gasteiger partial charge in [-0.1, -0.05) is 35.1 Å². The van der Waals surface area contributed by atoms with Crippen LogP contribution in [0.15, 0.2) is 53.4 Å². The van der Waals surface area contributed by atoms with Gasteiger partial charge in [-0.2, -0.15) is 0 Å². The van der Waals surface area contributed by atoms with Crippen LogP contribution < -0.4 is 0 Å². The molecular formula is C15H11NO2S2. The molecule has 100 valence electrons. The highest BCUT2D eigenvalue weighted by molar-refractivity contribution is 8.68. The summed E-state index contributed by atoms with van der Waals surface area (Å²) in [5.74, 6) is -0.448. The van der Waals surface area contributed by atoms with Crippen LogP contribution in [-0.2, 0) is 6.54 Å². The molecule has 1 aliphatic heterocycles. The smallest absolute Gasteiger partial charge is 0.261 e. The molecule has 0 fully saturated rings. The van der Waals surface area contributed by atoms with Gasteiger partial charge in [-0.25, -0.2) is 0 Å². The first-order valence-electron chi connectivity index (χ1n) is 6.06. The van der Waals surface area contributed by atoms with Crippen molar-refractivity contribution in [2.24, 2.45) is 0 Å². The lowest BCUT2D eigenvalue weighted by Gasteiger charge is -2.13. The second-order valence-corrected chi connectivity index (χ2v) is 5.68. The largest absolute Gasteiger partial charge is 0.270 e. The lowest BCUT2D eigenvalue weighted by atomic mass is 10.1. The van der Waals surface area contributed by atoms with Crippen LogP contribution in [0.25, 0.3) is 0 Å². The second-order valence-electron chi connectivity index (χ2n) is 4.48. The maximum atomic E-state index is 12.2. The number of amides is 2. The van der Waals surface area contributed by atoms with Gasteiger partial charge in [0.15, 0.2) is 0 Å². The number of hydrogen-bond donors (Lipinski definition) is 1. The Morgan fingerprint density at radius 2 is 1.45 bits per heavy atom. The molecule has 0 spiro atoms. The Morgan fingerprint density at radius 3 is 1.95 bits per heavy atom. The van der Waals surface area contributed by atoms with Crippen molar-refractivity contribution in [2.75, 3.05) is 0 Å². The van der Waals surface area contributed by atoms with Crippen molar-refractivity contribution in [3.05, 3.63) is 65.2 Å². The lowest BCUT2D eigenvalue weighted by Crippen LogP contribution is -2.29. The molecule has 5 heteroatoms. The minimum Gasteiger partial charge on any atom is -0.270 e. The molecule has 3 rings (SSSR count). The summed E-state index contributed by atoms with van der Waals surface area (Å²) in [4.78, 5) is 26.8. The van der Waals surface area contributed by atoms with Crippen molar-refractivity contribution in [3.63, 3.8) is 0 Å². The standard InChI is InChI=1S/C15H11NO2S2/c17-14-12-3-1-2-4-13(12)15(18)16(14)9-10-5-7-11(20-19)8-6-10/h1-8,19H,9H2. The number of fused-ring (bicyclic) bond motifs is 1. The SMILES string of the molecule is O=C1c2ccccc2C(=O)N1Cc1ccc(SS)cc1. The fraction of sp³-hybridized carbons (Fsp3) is 0.0667. The summed E-state index contributed by atoms with van der Waals surface area (Å²) in [6.45, 7) is 0.296. The Hall–Kier alpha value is -1.72. The molecule has 3 nitrogen and oxygen atoms in total. The number of imide groups is 1. The molecule has 0 aliphatic carbocycles. The van der Waals surface area contributed by atoms with E-state index in [2.05, 4.69) is 11.7 Å². The van der Waals surface area contributed by atoms with Crippen LogP contribution in [0.4, 0.5) is 0 Å². The highest BCUT2D eigenvalue weighted by atomic mass is 33.1. The number of carbonyl (C=O) groups is 2. The Labute approximate surface area is 125 Å². The summed E-state index contributed by atoms with van der Waals surface area (Å²) in [7, 11) is 1.36. The maximum absolute atomic E-state index is 12.2. The van der Waals surface area contributed by atoms with Gasteiger partial charge in [0, 0.05) is 4.90 Å². The van der Waals surface area contributed by atoms with E-state index >= 15 is 0 Å². The lowest BCUT2D eigenvalue weighted by molar-refractivity contribution is 0.0642. The Bertz CT molecular complexity index is 648. The van der Waals surface area contributed by atoms with Crippen LogP contribution in [0.3, 0.4) is 0 Å². The first-order chi connectivity index (χ1) is 9.70. The molecule has 0 radical (unpaired) electrons. The molecule has 2 amide bonds. The molecule has 20 heavy (non-hydrogen) atoms. The van der Waals surface area contributed by atoms with E-state index in [4.69, 9.17) is 0 Å². The quantitative estimate of drug-likeness (QED) is 0.536. The average molecular weight is 301 g/mol. The molecule has 0 saturated heterocycles. The van der Waals surface area contributed by atoms with Crippen molar-refractivity contribution >= 4 is 34.3 Å². The zero-order valence-corrected chi connectivity index (χ0v) is 12.2. The van der Waals surface area contributed by atoms with E-state index in [1.807, 2.05) is 24.3 Å². The topological polar surface area (TPSA) is 37.4 Å². The number of benzene rings is 2. The fourth-order valence-electron chi connectivity index (χ4n) is 2.22. The molecule has 0 aromatic heterocycles. The van der Waals surface area contributed by atoms with E-state index in [-0.39, 0.29) is 11.8 Å². The summed E-state index contributed by atoms with van der Waals surface area (Å²) < 4.78 is 0. The average Bonchev–Trinajstić information content (AvgIpc) is 2.74. The summed E-state index contributed by atoms with van der Waals surface area (Å²) in [5, 5.41) is 0. The number of thiol groups is 1. The molecule has 2 aromatic carbocycles. The summed E-state index contributed by atoms with van der Waals surface area (Å²) >= 11 is 4.12. The maximum Gasteiger partial charge on any atom is 0.261 e. The van der Waals surface area contributed by atoms with E-state index in [0.29, 0.717) is 17.7 Å². The predicted molar refractivity (Wildman–Crippen MR) is 81.9 cm³/mol. The predicted octanol–water partition coefficient (Wildman–Crippen LogP) is 3.42. The van der Waals surface area contributed by atoms with Crippen molar-refractivity contribution < 1.29 is 9.59 Å². The fourth-order valence-corrected chi connectivity index (χ4v) is 2.84. The number of hydrogen-bond acceptors (Lipinski definition) is 4. The molecule has 0 bridgehead atoms. The first-order valence-corrected chi connectivity index (χ1v) is 7.93. The monoisotopic (exact) mass is 301 g/mol. The first kappa shape index (κ1) is 13.3. The molecular weight excluding hydrogens is 290 g/mol. The molecule has 2 aromatic rings. The third-order valence-corrected chi connectivity index (χ3v) is 4.36. The second kappa shape index (κ2) is 5.34. The summed E-state index contributed by atoms with van der Waals surface area (Å²) in [5.41, 5.74) is 1.89. The van der Waals surface area contributed by atoms with Gasteiger partial charge < -0.3 is 0 Å². The van der Waals surface area contributed by atoms with Crippen LogP contribution in [0.2, 0.25) is 0 Å². The highest BCUT2D eigenvalue weighted by Crippen LogP contribution is 2.25. The van der Waals surface area contributed by atoms with Gasteiger partial charge >= 0.3 is 0 Å². The molecule has 0 atom stereocenters. The van der Waals surface area contributed by atoms with Crippen molar-refractivity contribution in [1.29, 1.82) is 0 Å². The van der Waals surface area contributed by atoms with Crippen LogP contribution in [0.1, 0.15) is 26.3 Å². The highest BCUT2D eigenvalue weighted by Gasteiger charge is 2.34. The Balaban J connectivity index is 1.85. The number of rotatable bonds is 3. The Kier molecular flexibility index (Phi) is 3.54. The van der Waals surface area contributed by atoms with Gasteiger partial charge in [-0.3, -0.25) is 14.5 Å². The Morgan fingerprint density at radius 1 is 0.900 bits per heavy atom. The molecule has 1 aliphatic rings. The van der Waals surface area contributed by atoms with Gasteiger partial charge in [0.25, 0.3) is 11.8 Å². The van der Waals surface area contributed by atoms with Crippen LogP contribution in [0.5, 0.6) is 0 Å². The minimum atomic E-state index is -0.224. The van der Waals surface area contributed by atoms with Gasteiger partial charge in [-0.05, 0) is 29.8 Å². The number of carbonyl (C=O) groups excluding carboxylic acids is 2. The van der Waals surface area contributed by atoms with Gasteiger partial charge in [0.1, 0.15) is 0 Å². The number of nitrogens with zero attached hydrogens (tertiary/aromatic N) is 1. The van der Waals surface area contributed by atoms with E-state index in [0.717, 1.165) is 10.5 Å². The third-order valence-electron chi connectivity index (χ3n) is 3.25. The minimum absolute atomic E-state index is 0.224. The van der Waals surface area contributed by atoms with Crippen molar-refractivity contribution in [3.8, 4) is 0 Å². The zero-order valence-electron chi connectivity index (χ0n) is 10.4. The zero-order chi connectivity index (χ0) is 14.1. The van der Waals surface area contributed by atoms with E-state index < -0.39 is 0 Å². The van der Waals surface area contributed by atoms with Crippen LogP contribution in [-0.4, -0.2) is 16.7 Å². The third kappa shape index (κ3) is 2.23. The van der Waals surface area contributed by atoms with Gasteiger partial charge in [-0.15, -0.1) is 11.7 Å². The van der Waals surface area contributed by atoms with Crippen molar-refractivity contribution in [1.82, 2.24) is 4.90 Å².